The maximum Gasteiger partial charge on any atom is 0.416 e. The molecule has 1 aliphatic heterocycles. The van der Waals surface area contributed by atoms with Gasteiger partial charge in [0.2, 0.25) is 5.88 Å². The molecule has 3 aromatic rings. The molecule has 2 amide bonds. The Morgan fingerprint density at radius 1 is 1.09 bits per heavy atom. The van der Waals surface area contributed by atoms with E-state index >= 15 is 0 Å². The number of amides is 2. The first-order chi connectivity index (χ1) is 15.8. The molecule has 0 atom stereocenters. The number of hydrogen-bond acceptors (Lipinski definition) is 5. The lowest BCUT2D eigenvalue weighted by molar-refractivity contribution is -0.137. The largest absolute Gasteiger partial charge is 0.439 e. The molecule has 2 N–H and O–H groups in total. The minimum atomic E-state index is -4.48. The molecule has 0 radical (unpaired) electrons. The van der Waals surface area contributed by atoms with Gasteiger partial charge in [-0.15, -0.1) is 0 Å². The molecule has 0 aliphatic carbocycles. The van der Waals surface area contributed by atoms with Crippen molar-refractivity contribution in [3.8, 4) is 11.6 Å². The molecule has 0 spiro atoms. The predicted octanol–water partition coefficient (Wildman–Crippen LogP) is 5.70. The summed E-state index contributed by atoms with van der Waals surface area (Å²) in [5, 5.41) is 5.51. The zero-order valence-corrected chi connectivity index (χ0v) is 17.8. The number of ether oxygens (including phenoxy) is 1. The van der Waals surface area contributed by atoms with Crippen LogP contribution in [-0.4, -0.2) is 29.6 Å². The predicted molar refractivity (Wildman–Crippen MR) is 119 cm³/mol. The van der Waals surface area contributed by atoms with Crippen LogP contribution in [0, 0.1) is 0 Å². The van der Waals surface area contributed by atoms with Crippen LogP contribution >= 0.6 is 0 Å². The van der Waals surface area contributed by atoms with E-state index in [2.05, 4.69) is 20.6 Å². The molecule has 1 aliphatic rings. The molecular weight excluding hydrogens is 435 g/mol. The van der Waals surface area contributed by atoms with Gasteiger partial charge < -0.3 is 15.4 Å². The molecule has 2 heterocycles. The molecular formula is C23H22F3N5O2. The third kappa shape index (κ3) is 5.33. The Balaban J connectivity index is 1.55. The van der Waals surface area contributed by atoms with Crippen LogP contribution < -0.4 is 20.3 Å². The van der Waals surface area contributed by atoms with Gasteiger partial charge in [-0.3, -0.25) is 4.90 Å². The first-order valence-corrected chi connectivity index (χ1v) is 10.4. The first kappa shape index (κ1) is 22.4. The van der Waals surface area contributed by atoms with Crippen molar-refractivity contribution in [3.63, 3.8) is 0 Å². The van der Waals surface area contributed by atoms with Gasteiger partial charge in [-0.25, -0.2) is 14.8 Å². The summed E-state index contributed by atoms with van der Waals surface area (Å²) in [4.78, 5) is 22.7. The quantitative estimate of drug-likeness (QED) is 0.525. The number of fused-ring (bicyclic) bond motifs is 1. The average molecular weight is 457 g/mol. The van der Waals surface area contributed by atoms with Crippen LogP contribution in [0.5, 0.6) is 11.6 Å². The van der Waals surface area contributed by atoms with Crippen molar-refractivity contribution in [2.75, 3.05) is 29.1 Å². The van der Waals surface area contributed by atoms with Gasteiger partial charge >= 0.3 is 12.2 Å². The zero-order chi connectivity index (χ0) is 23.4. The number of aromatic nitrogens is 2. The summed E-state index contributed by atoms with van der Waals surface area (Å²) in [6.45, 7) is 0.454. The lowest BCUT2D eigenvalue weighted by atomic mass is 10.1. The Kier molecular flexibility index (Phi) is 6.34. The van der Waals surface area contributed by atoms with E-state index in [0.717, 1.165) is 37.0 Å². The summed E-state index contributed by atoms with van der Waals surface area (Å²) >= 11 is 0. The van der Waals surface area contributed by atoms with Gasteiger partial charge in [0, 0.05) is 31.0 Å². The van der Waals surface area contributed by atoms with Crippen molar-refractivity contribution in [3.05, 3.63) is 66.0 Å². The molecule has 0 unspecified atom stereocenters. The first-order valence-electron chi connectivity index (χ1n) is 10.4. The van der Waals surface area contributed by atoms with Crippen molar-refractivity contribution >= 4 is 23.2 Å². The molecule has 10 heteroatoms. The number of nitrogens with one attached hydrogen (secondary N) is 2. The Morgan fingerprint density at radius 3 is 2.73 bits per heavy atom. The standard InChI is InChI=1S/C23H22F3N5O2/c1-27-20-13-21(29-14-28-20)33-18-8-9-19-15(11-18)5-2-3-10-31(19)22(32)30-17-7-4-6-16(12-17)23(24,25)26/h4,6-9,11-14H,2-3,5,10H2,1H3,(H,30,32)(H,27,28,29). The van der Waals surface area contributed by atoms with E-state index in [1.807, 2.05) is 6.07 Å². The van der Waals surface area contributed by atoms with E-state index in [4.69, 9.17) is 4.74 Å². The fourth-order valence-corrected chi connectivity index (χ4v) is 3.62. The minimum Gasteiger partial charge on any atom is -0.439 e. The van der Waals surface area contributed by atoms with Crippen LogP contribution in [0.2, 0.25) is 0 Å². The van der Waals surface area contributed by atoms with E-state index < -0.39 is 17.8 Å². The lowest BCUT2D eigenvalue weighted by Crippen LogP contribution is -2.35. The normalized spacial score (nSPS) is 13.6. The number of carbonyl (C=O) groups is 1. The molecule has 2 aromatic carbocycles. The number of carbonyl (C=O) groups excluding carboxylic acids is 1. The molecule has 33 heavy (non-hydrogen) atoms. The van der Waals surface area contributed by atoms with E-state index in [1.165, 1.54) is 18.5 Å². The highest BCUT2D eigenvalue weighted by molar-refractivity contribution is 6.02. The molecule has 7 nitrogen and oxygen atoms in total. The number of benzene rings is 2. The summed E-state index contributed by atoms with van der Waals surface area (Å²) in [5.41, 5.74) is 0.879. The molecule has 172 valence electrons. The van der Waals surface area contributed by atoms with Crippen LogP contribution in [0.3, 0.4) is 0 Å². The molecule has 1 aromatic heterocycles. The van der Waals surface area contributed by atoms with Crippen molar-refractivity contribution in [2.45, 2.75) is 25.4 Å². The molecule has 0 fully saturated rings. The maximum atomic E-state index is 13.0. The second kappa shape index (κ2) is 9.35. The summed E-state index contributed by atoms with van der Waals surface area (Å²) in [6.07, 6.45) is -0.723. The maximum absolute atomic E-state index is 13.0. The highest BCUT2D eigenvalue weighted by atomic mass is 19.4. The molecule has 0 bridgehead atoms. The van der Waals surface area contributed by atoms with Crippen LogP contribution in [0.15, 0.2) is 54.9 Å². The van der Waals surface area contributed by atoms with Crippen molar-refractivity contribution < 1.29 is 22.7 Å². The zero-order valence-electron chi connectivity index (χ0n) is 17.8. The summed E-state index contributed by atoms with van der Waals surface area (Å²) < 4.78 is 44.8. The highest BCUT2D eigenvalue weighted by Gasteiger charge is 2.31. The van der Waals surface area contributed by atoms with Crippen LogP contribution in [0.1, 0.15) is 24.0 Å². The molecule has 0 saturated heterocycles. The minimum absolute atomic E-state index is 0.0877. The van der Waals surface area contributed by atoms with Crippen LogP contribution in [0.4, 0.5) is 35.2 Å². The van der Waals surface area contributed by atoms with Crippen molar-refractivity contribution in [2.24, 2.45) is 0 Å². The van der Waals surface area contributed by atoms with Crippen LogP contribution in [0.25, 0.3) is 0 Å². The van der Waals surface area contributed by atoms with Crippen LogP contribution in [-0.2, 0) is 12.6 Å². The Morgan fingerprint density at radius 2 is 1.94 bits per heavy atom. The summed E-state index contributed by atoms with van der Waals surface area (Å²) in [6, 6.07) is 11.1. The smallest absolute Gasteiger partial charge is 0.416 e. The molecule has 0 saturated carbocycles. The van der Waals surface area contributed by atoms with Gasteiger partial charge in [-0.2, -0.15) is 13.2 Å². The average Bonchev–Trinajstić information content (AvgIpc) is 3.01. The van der Waals surface area contributed by atoms with E-state index in [-0.39, 0.29) is 5.69 Å². The third-order valence-electron chi connectivity index (χ3n) is 5.23. The number of rotatable bonds is 4. The number of hydrogen-bond donors (Lipinski definition) is 2. The monoisotopic (exact) mass is 457 g/mol. The van der Waals surface area contributed by atoms with Crippen molar-refractivity contribution in [1.82, 2.24) is 9.97 Å². The van der Waals surface area contributed by atoms with Crippen molar-refractivity contribution in [1.29, 1.82) is 0 Å². The van der Waals surface area contributed by atoms with Gasteiger partial charge in [0.25, 0.3) is 0 Å². The Hall–Kier alpha value is -3.82. The second-order valence-electron chi connectivity index (χ2n) is 7.50. The second-order valence-corrected chi connectivity index (χ2v) is 7.50. The SMILES string of the molecule is CNc1cc(Oc2ccc3c(c2)CCCCN3C(=O)Nc2cccc(C(F)(F)F)c2)ncn1. The van der Waals surface area contributed by atoms with Gasteiger partial charge in [-0.1, -0.05) is 6.07 Å². The third-order valence-corrected chi connectivity index (χ3v) is 5.23. The van der Waals surface area contributed by atoms with Gasteiger partial charge in [0.15, 0.2) is 0 Å². The lowest BCUT2D eigenvalue weighted by Gasteiger charge is -2.24. The van der Waals surface area contributed by atoms with Gasteiger partial charge in [0.1, 0.15) is 17.9 Å². The van der Waals surface area contributed by atoms with E-state index in [0.29, 0.717) is 29.7 Å². The number of nitrogens with zero attached hydrogens (tertiary/aromatic N) is 3. The number of halogens is 3. The number of anilines is 3. The number of aryl methyl sites for hydroxylation is 1. The van der Waals surface area contributed by atoms with Gasteiger partial charge in [0.05, 0.1) is 5.56 Å². The van der Waals surface area contributed by atoms with Gasteiger partial charge in [-0.05, 0) is 61.2 Å². The Labute approximate surface area is 188 Å². The summed E-state index contributed by atoms with van der Waals surface area (Å²) in [5.74, 6) is 1.56. The topological polar surface area (TPSA) is 79.4 Å². The molecule has 4 rings (SSSR count). The number of urea groups is 1. The Bertz CT molecular complexity index is 1150. The van der Waals surface area contributed by atoms with E-state index in [1.54, 1.807) is 30.1 Å². The summed E-state index contributed by atoms with van der Waals surface area (Å²) in [7, 11) is 1.74. The number of alkyl halides is 3. The van der Waals surface area contributed by atoms with E-state index in [9.17, 15) is 18.0 Å². The highest BCUT2D eigenvalue weighted by Crippen LogP contribution is 2.33. The fraction of sp³-hybridized carbons (Fsp3) is 0.261. The fourth-order valence-electron chi connectivity index (χ4n) is 3.62.